The van der Waals surface area contributed by atoms with Gasteiger partial charge in [0, 0.05) is 41.7 Å². The van der Waals surface area contributed by atoms with E-state index in [1.807, 2.05) is 0 Å². The van der Waals surface area contributed by atoms with E-state index in [0.29, 0.717) is 12.0 Å². The van der Waals surface area contributed by atoms with Crippen molar-refractivity contribution >= 4 is 16.7 Å². The molecule has 1 N–H and O–H groups in total. The molecule has 1 aliphatic rings. The van der Waals surface area contributed by atoms with Crippen molar-refractivity contribution in [3.8, 4) is 0 Å². The number of Topliss-reactive ketones (excluding diaryl/α,β-unsaturated/α-hetero) is 1. The molecule has 0 unspecified atom stereocenters. The highest BCUT2D eigenvalue weighted by Crippen LogP contribution is 2.27. The maximum atomic E-state index is 12.9. The third-order valence-electron chi connectivity index (χ3n) is 5.01. The predicted octanol–water partition coefficient (Wildman–Crippen LogP) is 4.33. The van der Waals surface area contributed by atoms with Crippen molar-refractivity contribution in [2.75, 3.05) is 13.1 Å². The molecule has 0 fully saturated rings. The van der Waals surface area contributed by atoms with Gasteiger partial charge in [0.15, 0.2) is 5.78 Å². The Labute approximate surface area is 146 Å². The summed E-state index contributed by atoms with van der Waals surface area (Å²) in [6, 6.07) is 14.3. The minimum Gasteiger partial charge on any atom is -0.357 e. The van der Waals surface area contributed by atoms with Crippen molar-refractivity contribution in [1.82, 2.24) is 9.88 Å². The third-order valence-corrected chi connectivity index (χ3v) is 5.01. The Morgan fingerprint density at radius 2 is 1.92 bits per heavy atom. The number of ketones is 1. The van der Waals surface area contributed by atoms with Crippen molar-refractivity contribution < 1.29 is 9.18 Å². The van der Waals surface area contributed by atoms with Gasteiger partial charge >= 0.3 is 0 Å². The summed E-state index contributed by atoms with van der Waals surface area (Å²) in [6.07, 6.45) is 2.37. The molecule has 2 aromatic carbocycles. The molecule has 0 radical (unpaired) electrons. The van der Waals surface area contributed by atoms with E-state index in [1.54, 1.807) is 12.1 Å². The van der Waals surface area contributed by atoms with E-state index in [0.717, 1.165) is 32.5 Å². The average molecular weight is 336 g/mol. The molecule has 0 spiro atoms. The fourth-order valence-electron chi connectivity index (χ4n) is 3.68. The van der Waals surface area contributed by atoms with Crippen LogP contribution in [0, 0.1) is 5.82 Å². The number of aromatic nitrogens is 1. The number of carbonyl (C=O) groups is 1. The zero-order valence-electron chi connectivity index (χ0n) is 14.1. The SMILES string of the molecule is O=C(CCCN1CCc2c([nH]c3ccccc23)C1)c1ccc(F)cc1. The third kappa shape index (κ3) is 3.35. The molecule has 0 amide bonds. The van der Waals surface area contributed by atoms with Crippen molar-refractivity contribution in [2.24, 2.45) is 0 Å². The Bertz CT molecular complexity index is 898. The molecule has 0 saturated heterocycles. The fraction of sp³-hybridized carbons (Fsp3) is 0.286. The fourth-order valence-corrected chi connectivity index (χ4v) is 3.68. The average Bonchev–Trinajstić information content (AvgIpc) is 3.00. The molecule has 1 aromatic heterocycles. The van der Waals surface area contributed by atoms with Gasteiger partial charge in [0.05, 0.1) is 0 Å². The van der Waals surface area contributed by atoms with E-state index in [9.17, 15) is 9.18 Å². The molecule has 128 valence electrons. The standard InChI is InChI=1S/C21H21FN2O/c22-16-9-7-15(8-10-16)21(25)6-3-12-24-13-11-18-17-4-1-2-5-19(17)23-20(18)14-24/h1-2,4-5,7-10,23H,3,6,11-14H2. The highest BCUT2D eigenvalue weighted by Gasteiger charge is 2.20. The number of halogens is 1. The first kappa shape index (κ1) is 16.0. The Hall–Kier alpha value is -2.46. The van der Waals surface area contributed by atoms with E-state index in [-0.39, 0.29) is 11.6 Å². The van der Waals surface area contributed by atoms with E-state index < -0.39 is 0 Å². The van der Waals surface area contributed by atoms with Gasteiger partial charge in [-0.2, -0.15) is 0 Å². The minimum atomic E-state index is -0.306. The monoisotopic (exact) mass is 336 g/mol. The number of H-pyrrole nitrogens is 1. The number of nitrogens with one attached hydrogen (secondary N) is 1. The lowest BCUT2D eigenvalue weighted by Gasteiger charge is -2.26. The van der Waals surface area contributed by atoms with Gasteiger partial charge in [-0.05, 0) is 55.3 Å². The smallest absolute Gasteiger partial charge is 0.162 e. The summed E-state index contributed by atoms with van der Waals surface area (Å²) in [5.41, 5.74) is 4.55. The molecular weight excluding hydrogens is 315 g/mol. The van der Waals surface area contributed by atoms with Crippen molar-refractivity contribution in [3.63, 3.8) is 0 Å². The van der Waals surface area contributed by atoms with Gasteiger partial charge in [0.1, 0.15) is 5.82 Å². The number of nitrogens with zero attached hydrogens (tertiary/aromatic N) is 1. The van der Waals surface area contributed by atoms with E-state index >= 15 is 0 Å². The second-order valence-electron chi connectivity index (χ2n) is 6.69. The summed E-state index contributed by atoms with van der Waals surface area (Å²) < 4.78 is 12.9. The summed E-state index contributed by atoms with van der Waals surface area (Å²) in [5, 5.41) is 1.34. The number of rotatable bonds is 5. The quantitative estimate of drug-likeness (QED) is 0.704. The lowest BCUT2D eigenvalue weighted by molar-refractivity contribution is 0.0973. The van der Waals surface area contributed by atoms with E-state index in [4.69, 9.17) is 0 Å². The molecular formula is C21H21FN2O. The number of fused-ring (bicyclic) bond motifs is 3. The molecule has 0 atom stereocenters. The van der Waals surface area contributed by atoms with Crippen LogP contribution in [-0.2, 0) is 13.0 Å². The van der Waals surface area contributed by atoms with Crippen LogP contribution in [0.3, 0.4) is 0 Å². The molecule has 0 bridgehead atoms. The lowest BCUT2D eigenvalue weighted by atomic mass is 10.0. The number of benzene rings is 2. The van der Waals surface area contributed by atoms with Crippen LogP contribution in [0.2, 0.25) is 0 Å². The largest absolute Gasteiger partial charge is 0.357 e. The molecule has 4 rings (SSSR count). The molecule has 3 nitrogen and oxygen atoms in total. The first-order chi connectivity index (χ1) is 12.2. The minimum absolute atomic E-state index is 0.0864. The van der Waals surface area contributed by atoms with Crippen LogP contribution >= 0.6 is 0 Å². The van der Waals surface area contributed by atoms with Crippen LogP contribution in [0.5, 0.6) is 0 Å². The summed E-state index contributed by atoms with van der Waals surface area (Å²) >= 11 is 0. The predicted molar refractivity (Wildman–Crippen MR) is 97.2 cm³/mol. The number of aromatic amines is 1. The van der Waals surface area contributed by atoms with Crippen molar-refractivity contribution in [2.45, 2.75) is 25.8 Å². The zero-order valence-corrected chi connectivity index (χ0v) is 14.1. The van der Waals surface area contributed by atoms with Crippen LogP contribution in [0.25, 0.3) is 10.9 Å². The molecule has 4 heteroatoms. The Kier molecular flexibility index (Phi) is 4.36. The maximum Gasteiger partial charge on any atom is 0.162 e. The highest BCUT2D eigenvalue weighted by atomic mass is 19.1. The van der Waals surface area contributed by atoms with Crippen LogP contribution in [0.15, 0.2) is 48.5 Å². The number of hydrogen-bond donors (Lipinski definition) is 1. The van der Waals surface area contributed by atoms with E-state index in [1.165, 1.54) is 34.3 Å². The summed E-state index contributed by atoms with van der Waals surface area (Å²) in [5.74, 6) is -0.220. The van der Waals surface area contributed by atoms with Crippen LogP contribution in [-0.4, -0.2) is 28.8 Å². The topological polar surface area (TPSA) is 36.1 Å². The van der Waals surface area contributed by atoms with Crippen LogP contribution in [0.1, 0.15) is 34.5 Å². The summed E-state index contributed by atoms with van der Waals surface area (Å²) in [4.78, 5) is 18.1. The summed E-state index contributed by atoms with van der Waals surface area (Å²) in [7, 11) is 0. The number of hydrogen-bond acceptors (Lipinski definition) is 2. The van der Waals surface area contributed by atoms with Gasteiger partial charge in [0.25, 0.3) is 0 Å². The molecule has 0 saturated carbocycles. The Balaban J connectivity index is 1.34. The second kappa shape index (κ2) is 6.81. The van der Waals surface area contributed by atoms with Gasteiger partial charge in [0.2, 0.25) is 0 Å². The second-order valence-corrected chi connectivity index (χ2v) is 6.69. The van der Waals surface area contributed by atoms with Gasteiger partial charge in [-0.3, -0.25) is 9.69 Å². The van der Waals surface area contributed by atoms with Gasteiger partial charge < -0.3 is 4.98 Å². The lowest BCUT2D eigenvalue weighted by Crippen LogP contribution is -2.31. The molecule has 25 heavy (non-hydrogen) atoms. The highest BCUT2D eigenvalue weighted by molar-refractivity contribution is 5.95. The number of carbonyl (C=O) groups excluding carboxylic acids is 1. The Morgan fingerprint density at radius 3 is 2.76 bits per heavy atom. The van der Waals surface area contributed by atoms with Gasteiger partial charge in [-0.25, -0.2) is 4.39 Å². The van der Waals surface area contributed by atoms with Gasteiger partial charge in [-0.15, -0.1) is 0 Å². The molecule has 1 aliphatic heterocycles. The normalized spacial score (nSPS) is 14.6. The zero-order chi connectivity index (χ0) is 17.2. The first-order valence-corrected chi connectivity index (χ1v) is 8.80. The Morgan fingerprint density at radius 1 is 1.12 bits per heavy atom. The van der Waals surface area contributed by atoms with Crippen molar-refractivity contribution in [3.05, 3.63) is 71.2 Å². The van der Waals surface area contributed by atoms with Crippen molar-refractivity contribution in [1.29, 1.82) is 0 Å². The first-order valence-electron chi connectivity index (χ1n) is 8.80. The van der Waals surface area contributed by atoms with E-state index in [2.05, 4.69) is 34.1 Å². The summed E-state index contributed by atoms with van der Waals surface area (Å²) in [6.45, 7) is 2.84. The van der Waals surface area contributed by atoms with Crippen LogP contribution in [0.4, 0.5) is 4.39 Å². The molecule has 2 heterocycles. The van der Waals surface area contributed by atoms with Crippen LogP contribution < -0.4 is 0 Å². The molecule has 3 aromatic rings. The van der Waals surface area contributed by atoms with Gasteiger partial charge in [-0.1, -0.05) is 18.2 Å². The molecule has 0 aliphatic carbocycles. The number of para-hydroxylation sites is 1. The maximum absolute atomic E-state index is 12.9.